The fraction of sp³-hybridized carbons (Fsp3) is 0.345. The van der Waals surface area contributed by atoms with E-state index < -0.39 is 11.0 Å². The number of quaternary nitrogens is 1. The summed E-state index contributed by atoms with van der Waals surface area (Å²) in [4.78, 5) is 15.5. The summed E-state index contributed by atoms with van der Waals surface area (Å²) in [5.41, 5.74) is 0.713. The summed E-state index contributed by atoms with van der Waals surface area (Å²) in [6, 6.07) is 26.9. The zero-order valence-electron chi connectivity index (χ0n) is 20.4. The zero-order chi connectivity index (χ0) is 25.1. The molecule has 184 valence electrons. The van der Waals surface area contributed by atoms with Crippen molar-refractivity contribution in [2.24, 2.45) is 0 Å². The number of carbonyl (C=O) groups excluding carboxylic acids is 1. The molecule has 2 N–H and O–H groups in total. The number of likely N-dealkylation sites (tertiary alicyclic amines) is 1. The molecule has 1 saturated heterocycles. The maximum Gasteiger partial charge on any atom is 0.237 e. The van der Waals surface area contributed by atoms with Gasteiger partial charge in [-0.1, -0.05) is 84.4 Å². The molecule has 1 aliphatic rings. The molecular weight excluding hydrogens is 460 g/mol. The van der Waals surface area contributed by atoms with Gasteiger partial charge in [-0.25, -0.2) is 5.21 Å². The molecule has 0 saturated carbocycles. The standard InChI is InChI=1S/C29H34ClN2O3/c1-31(2)27(33)29(24-9-5-3-6-10-24,25-11-7-4-8-12-25)19-22-32(35)20-17-28(34,18-21-32)23-13-15-26(30)16-14-23/h3-16,34-35H,17-22H2,1-2H3/q+1. The highest BCUT2D eigenvalue weighted by Crippen LogP contribution is 2.40. The second kappa shape index (κ2) is 10.1. The lowest BCUT2D eigenvalue weighted by atomic mass is 9.70. The minimum Gasteiger partial charge on any atom is -0.385 e. The van der Waals surface area contributed by atoms with Crippen molar-refractivity contribution < 1.29 is 19.8 Å². The van der Waals surface area contributed by atoms with Gasteiger partial charge in [0, 0.05) is 38.4 Å². The third kappa shape index (κ3) is 5.14. The van der Waals surface area contributed by atoms with E-state index in [1.165, 1.54) is 0 Å². The lowest BCUT2D eigenvalue weighted by molar-refractivity contribution is -1.11. The molecule has 0 aliphatic carbocycles. The van der Waals surface area contributed by atoms with E-state index in [1.54, 1.807) is 31.1 Å². The number of hydrogen-bond acceptors (Lipinski definition) is 3. The minimum atomic E-state index is -0.996. The Morgan fingerprint density at radius 1 is 0.914 bits per heavy atom. The molecule has 35 heavy (non-hydrogen) atoms. The van der Waals surface area contributed by atoms with Crippen LogP contribution in [0.2, 0.25) is 5.02 Å². The summed E-state index contributed by atoms with van der Waals surface area (Å²) in [6.07, 6.45) is 1.29. The zero-order valence-corrected chi connectivity index (χ0v) is 21.2. The van der Waals surface area contributed by atoms with Crippen molar-refractivity contribution in [3.63, 3.8) is 0 Å². The lowest BCUT2D eigenvalue weighted by Crippen LogP contribution is -2.57. The average Bonchev–Trinajstić information content (AvgIpc) is 2.88. The molecule has 4 rings (SSSR count). The van der Waals surface area contributed by atoms with Gasteiger partial charge in [-0.15, -0.1) is 0 Å². The molecule has 1 aliphatic heterocycles. The first kappa shape index (κ1) is 25.4. The van der Waals surface area contributed by atoms with Crippen molar-refractivity contribution in [1.82, 2.24) is 4.90 Å². The van der Waals surface area contributed by atoms with Crippen LogP contribution in [-0.4, -0.2) is 59.5 Å². The van der Waals surface area contributed by atoms with Crippen LogP contribution in [0, 0.1) is 0 Å². The molecule has 0 unspecified atom stereocenters. The second-order valence-corrected chi connectivity index (χ2v) is 10.3. The van der Waals surface area contributed by atoms with Gasteiger partial charge in [-0.3, -0.25) is 4.79 Å². The minimum absolute atomic E-state index is 0.0174. The number of hydroxylamine groups is 3. The van der Waals surface area contributed by atoms with E-state index >= 15 is 0 Å². The molecule has 1 fully saturated rings. The molecule has 5 nitrogen and oxygen atoms in total. The largest absolute Gasteiger partial charge is 0.385 e. The highest BCUT2D eigenvalue weighted by molar-refractivity contribution is 6.30. The van der Waals surface area contributed by atoms with Crippen LogP contribution in [0.25, 0.3) is 0 Å². The summed E-state index contributed by atoms with van der Waals surface area (Å²) >= 11 is 6.02. The van der Waals surface area contributed by atoms with Gasteiger partial charge < -0.3 is 10.0 Å². The fourth-order valence-corrected chi connectivity index (χ4v) is 5.43. The van der Waals surface area contributed by atoms with E-state index in [0.29, 0.717) is 43.9 Å². The monoisotopic (exact) mass is 493 g/mol. The van der Waals surface area contributed by atoms with E-state index in [-0.39, 0.29) is 10.6 Å². The number of hydrogen-bond donors (Lipinski definition) is 2. The van der Waals surface area contributed by atoms with Crippen LogP contribution in [-0.2, 0) is 15.8 Å². The molecule has 0 spiro atoms. The van der Waals surface area contributed by atoms with E-state index in [4.69, 9.17) is 11.6 Å². The van der Waals surface area contributed by atoms with Crippen LogP contribution >= 0.6 is 11.6 Å². The molecular formula is C29H34ClN2O3+. The number of piperidine rings is 1. The lowest BCUT2D eigenvalue weighted by Gasteiger charge is -2.43. The summed E-state index contributed by atoms with van der Waals surface area (Å²) in [7, 11) is 3.55. The quantitative estimate of drug-likeness (QED) is 0.456. The Kier molecular flexibility index (Phi) is 7.34. The summed E-state index contributed by atoms with van der Waals surface area (Å²) in [6.45, 7) is 1.18. The molecule has 0 bridgehead atoms. The number of amides is 1. The molecule has 3 aromatic carbocycles. The topological polar surface area (TPSA) is 60.8 Å². The third-order valence-electron chi connectivity index (χ3n) is 7.47. The number of halogens is 1. The molecule has 6 heteroatoms. The van der Waals surface area contributed by atoms with Gasteiger partial charge in [0.15, 0.2) is 0 Å². The summed E-state index contributed by atoms with van der Waals surface area (Å²) < 4.78 is -0.183. The van der Waals surface area contributed by atoms with Crippen molar-refractivity contribution in [3.8, 4) is 0 Å². The van der Waals surface area contributed by atoms with Gasteiger partial charge in [0.2, 0.25) is 5.91 Å². The van der Waals surface area contributed by atoms with Gasteiger partial charge in [0.1, 0.15) is 30.7 Å². The Labute approximate surface area is 212 Å². The Morgan fingerprint density at radius 3 is 1.86 bits per heavy atom. The fourth-order valence-electron chi connectivity index (χ4n) is 5.31. The van der Waals surface area contributed by atoms with E-state index in [9.17, 15) is 15.1 Å². The van der Waals surface area contributed by atoms with Crippen molar-refractivity contribution in [3.05, 3.63) is 107 Å². The first-order chi connectivity index (χ1) is 16.7. The Bertz CT molecular complexity index is 1090. The maximum atomic E-state index is 13.8. The highest BCUT2D eigenvalue weighted by atomic mass is 35.5. The molecule has 0 radical (unpaired) electrons. The molecule has 3 aromatic rings. The predicted octanol–water partition coefficient (Wildman–Crippen LogP) is 4.99. The van der Waals surface area contributed by atoms with Crippen LogP contribution in [0.3, 0.4) is 0 Å². The maximum absolute atomic E-state index is 13.8. The predicted molar refractivity (Wildman–Crippen MR) is 138 cm³/mol. The third-order valence-corrected chi connectivity index (χ3v) is 7.72. The summed E-state index contributed by atoms with van der Waals surface area (Å²) in [5.74, 6) is -0.0174. The smallest absolute Gasteiger partial charge is 0.237 e. The van der Waals surface area contributed by atoms with Crippen LogP contribution < -0.4 is 0 Å². The highest BCUT2D eigenvalue weighted by Gasteiger charge is 2.48. The number of likely N-dealkylation sites (N-methyl/N-ethyl adjacent to an activating group) is 1. The van der Waals surface area contributed by atoms with Gasteiger partial charge in [0.05, 0.1) is 0 Å². The number of nitrogens with zero attached hydrogens (tertiary/aromatic N) is 2. The van der Waals surface area contributed by atoms with Gasteiger partial charge in [-0.2, -0.15) is 4.65 Å². The normalized spacial score (nSPS) is 22.5. The van der Waals surface area contributed by atoms with Crippen LogP contribution in [0.15, 0.2) is 84.9 Å². The van der Waals surface area contributed by atoms with Crippen LogP contribution in [0.5, 0.6) is 0 Å². The van der Waals surface area contributed by atoms with Crippen LogP contribution in [0.1, 0.15) is 36.0 Å². The Balaban J connectivity index is 1.62. The van der Waals surface area contributed by atoms with Gasteiger partial charge in [-0.05, 0) is 28.8 Å². The molecule has 1 amide bonds. The van der Waals surface area contributed by atoms with Crippen molar-refractivity contribution in [2.75, 3.05) is 33.7 Å². The van der Waals surface area contributed by atoms with E-state index in [0.717, 1.165) is 16.7 Å². The summed E-state index contributed by atoms with van der Waals surface area (Å²) in [5, 5.41) is 23.5. The van der Waals surface area contributed by atoms with Crippen LogP contribution in [0.4, 0.5) is 0 Å². The van der Waals surface area contributed by atoms with E-state index in [1.807, 2.05) is 72.8 Å². The Morgan fingerprint density at radius 2 is 1.40 bits per heavy atom. The SMILES string of the molecule is CN(C)C(=O)C(CC[N+]1(O)CCC(O)(c2ccc(Cl)cc2)CC1)(c1ccccc1)c1ccccc1. The van der Waals surface area contributed by atoms with Crippen molar-refractivity contribution in [1.29, 1.82) is 0 Å². The van der Waals surface area contributed by atoms with Crippen molar-refractivity contribution >= 4 is 17.5 Å². The number of benzene rings is 3. The number of aliphatic hydroxyl groups is 1. The average molecular weight is 494 g/mol. The first-order valence-corrected chi connectivity index (χ1v) is 12.5. The van der Waals surface area contributed by atoms with E-state index in [2.05, 4.69) is 0 Å². The molecule has 0 aromatic heterocycles. The van der Waals surface area contributed by atoms with Gasteiger partial charge in [0.25, 0.3) is 0 Å². The van der Waals surface area contributed by atoms with Crippen molar-refractivity contribution in [2.45, 2.75) is 30.3 Å². The first-order valence-electron chi connectivity index (χ1n) is 12.1. The molecule has 1 heterocycles. The molecule has 0 atom stereocenters. The number of carbonyl (C=O) groups is 1. The van der Waals surface area contributed by atoms with Gasteiger partial charge >= 0.3 is 0 Å². The Hall–Kier alpha value is -2.70. The number of rotatable bonds is 7. The second-order valence-electron chi connectivity index (χ2n) is 9.89.